The molecular weight excluding hydrogens is 294 g/mol. The summed E-state index contributed by atoms with van der Waals surface area (Å²) in [5.41, 5.74) is -1.16. The van der Waals surface area contributed by atoms with Crippen LogP contribution in [0.1, 0.15) is 20.8 Å². The summed E-state index contributed by atoms with van der Waals surface area (Å²) >= 11 is 0. The third-order valence-corrected chi connectivity index (χ3v) is 4.39. The van der Waals surface area contributed by atoms with Crippen molar-refractivity contribution in [1.29, 1.82) is 0 Å². The van der Waals surface area contributed by atoms with Gasteiger partial charge in [0.15, 0.2) is 0 Å². The monoisotopic (exact) mass is 313 g/mol. The number of hydrogen-bond acceptors (Lipinski definition) is 4. The molecule has 0 heterocycles. The number of anilines is 1. The van der Waals surface area contributed by atoms with Gasteiger partial charge in [-0.1, -0.05) is 12.1 Å². The maximum atomic E-state index is 12.4. The molecular formula is C13H19N3O4S. The van der Waals surface area contributed by atoms with Gasteiger partial charge in [-0.25, -0.2) is 8.42 Å². The molecule has 0 fully saturated rings. The van der Waals surface area contributed by atoms with Crippen LogP contribution >= 0.6 is 0 Å². The largest absolute Gasteiger partial charge is 0.358 e. The van der Waals surface area contributed by atoms with E-state index in [0.717, 1.165) is 0 Å². The molecule has 1 aromatic carbocycles. The van der Waals surface area contributed by atoms with Gasteiger partial charge in [-0.15, -0.1) is 0 Å². The van der Waals surface area contributed by atoms with Gasteiger partial charge < -0.3 is 10.6 Å². The van der Waals surface area contributed by atoms with Crippen molar-refractivity contribution in [3.8, 4) is 0 Å². The van der Waals surface area contributed by atoms with E-state index < -0.39 is 21.5 Å². The van der Waals surface area contributed by atoms with Crippen LogP contribution in [0, 0.1) is 0 Å². The molecule has 0 saturated carbocycles. The SMILES string of the molecule is CNC(=O)C(C)(C)NS(=O)(=O)c1ccccc1NC(C)=O. The minimum Gasteiger partial charge on any atom is -0.358 e. The topological polar surface area (TPSA) is 104 Å². The van der Waals surface area contributed by atoms with Crippen LogP contribution in [0.2, 0.25) is 0 Å². The van der Waals surface area contributed by atoms with Gasteiger partial charge in [0.25, 0.3) is 0 Å². The van der Waals surface area contributed by atoms with Crippen LogP contribution in [-0.2, 0) is 19.6 Å². The predicted octanol–water partition coefficient (Wildman–Crippen LogP) is 0.448. The lowest BCUT2D eigenvalue weighted by atomic mass is 10.1. The number of amides is 2. The lowest BCUT2D eigenvalue weighted by Gasteiger charge is -2.24. The minimum absolute atomic E-state index is 0.0998. The molecule has 8 heteroatoms. The van der Waals surface area contributed by atoms with Gasteiger partial charge in [-0.3, -0.25) is 9.59 Å². The summed E-state index contributed by atoms with van der Waals surface area (Å²) in [4.78, 5) is 22.7. The molecule has 0 aliphatic carbocycles. The molecule has 0 spiro atoms. The van der Waals surface area contributed by atoms with Crippen LogP contribution in [-0.4, -0.2) is 32.8 Å². The normalized spacial score (nSPS) is 11.8. The van der Waals surface area contributed by atoms with Crippen molar-refractivity contribution in [2.45, 2.75) is 31.2 Å². The second-order valence-corrected chi connectivity index (χ2v) is 6.64. The Bertz CT molecular complexity index is 653. The molecule has 0 atom stereocenters. The van der Waals surface area contributed by atoms with Gasteiger partial charge >= 0.3 is 0 Å². The van der Waals surface area contributed by atoms with E-state index in [0.29, 0.717) is 0 Å². The average Bonchev–Trinajstić information content (AvgIpc) is 2.36. The van der Waals surface area contributed by atoms with E-state index in [9.17, 15) is 18.0 Å². The van der Waals surface area contributed by atoms with Gasteiger partial charge in [0.2, 0.25) is 21.8 Å². The lowest BCUT2D eigenvalue weighted by molar-refractivity contribution is -0.125. The van der Waals surface area contributed by atoms with Crippen molar-refractivity contribution < 1.29 is 18.0 Å². The van der Waals surface area contributed by atoms with Crippen LogP contribution in [0.15, 0.2) is 29.2 Å². The van der Waals surface area contributed by atoms with E-state index in [1.165, 1.54) is 46.0 Å². The number of sulfonamides is 1. The van der Waals surface area contributed by atoms with Crippen LogP contribution in [0.25, 0.3) is 0 Å². The number of rotatable bonds is 5. The highest BCUT2D eigenvalue weighted by molar-refractivity contribution is 7.89. The molecule has 0 aliphatic rings. The second-order valence-electron chi connectivity index (χ2n) is 4.99. The Morgan fingerprint density at radius 3 is 2.24 bits per heavy atom. The number of benzene rings is 1. The van der Waals surface area contributed by atoms with Crippen LogP contribution in [0.3, 0.4) is 0 Å². The van der Waals surface area contributed by atoms with Gasteiger partial charge in [-0.05, 0) is 26.0 Å². The Morgan fingerprint density at radius 2 is 1.71 bits per heavy atom. The first-order valence-corrected chi connectivity index (χ1v) is 7.71. The van der Waals surface area contributed by atoms with Crippen molar-refractivity contribution in [3.05, 3.63) is 24.3 Å². The lowest BCUT2D eigenvalue weighted by Crippen LogP contribution is -2.53. The van der Waals surface area contributed by atoms with Crippen LogP contribution in [0.5, 0.6) is 0 Å². The Hall–Kier alpha value is -1.93. The first-order chi connectivity index (χ1) is 9.60. The zero-order chi connectivity index (χ0) is 16.3. The van der Waals surface area contributed by atoms with Crippen molar-refractivity contribution in [2.75, 3.05) is 12.4 Å². The zero-order valence-electron chi connectivity index (χ0n) is 12.4. The summed E-state index contributed by atoms with van der Waals surface area (Å²) in [7, 11) is -2.55. The standard InChI is InChI=1S/C13H19N3O4S/c1-9(17)15-10-7-5-6-8-11(10)21(19,20)16-13(2,3)12(18)14-4/h5-8,16H,1-4H3,(H,14,18)(H,15,17). The van der Waals surface area contributed by atoms with Crippen LogP contribution < -0.4 is 15.4 Å². The van der Waals surface area contributed by atoms with Crippen molar-refractivity contribution in [2.24, 2.45) is 0 Å². The second kappa shape index (κ2) is 6.23. The minimum atomic E-state index is -3.97. The number of hydrogen-bond donors (Lipinski definition) is 3. The maximum absolute atomic E-state index is 12.4. The fourth-order valence-electron chi connectivity index (χ4n) is 1.74. The summed E-state index contributed by atoms with van der Waals surface area (Å²) in [5, 5.41) is 4.84. The number of para-hydroxylation sites is 1. The molecule has 2 amide bonds. The fraction of sp³-hybridized carbons (Fsp3) is 0.385. The molecule has 0 saturated heterocycles. The number of carbonyl (C=O) groups is 2. The third-order valence-electron chi connectivity index (χ3n) is 2.67. The predicted molar refractivity (Wildman–Crippen MR) is 79.2 cm³/mol. The van der Waals surface area contributed by atoms with Gasteiger partial charge in [-0.2, -0.15) is 4.72 Å². The fourth-order valence-corrected chi connectivity index (χ4v) is 3.28. The molecule has 116 valence electrons. The molecule has 1 rings (SSSR count). The highest BCUT2D eigenvalue weighted by atomic mass is 32.2. The third kappa shape index (κ3) is 4.27. The molecule has 0 radical (unpaired) electrons. The summed E-state index contributed by atoms with van der Waals surface area (Å²) in [6, 6.07) is 5.97. The maximum Gasteiger partial charge on any atom is 0.243 e. The molecule has 0 unspecified atom stereocenters. The first kappa shape index (κ1) is 17.1. The molecule has 7 nitrogen and oxygen atoms in total. The van der Waals surface area contributed by atoms with Crippen molar-refractivity contribution >= 4 is 27.5 Å². The van der Waals surface area contributed by atoms with Crippen molar-refractivity contribution in [1.82, 2.24) is 10.0 Å². The van der Waals surface area contributed by atoms with E-state index in [-0.39, 0.29) is 16.5 Å². The highest BCUT2D eigenvalue weighted by Crippen LogP contribution is 2.22. The molecule has 0 aliphatic heterocycles. The molecule has 0 bridgehead atoms. The quantitative estimate of drug-likeness (QED) is 0.734. The number of nitrogens with one attached hydrogen (secondary N) is 3. The van der Waals surface area contributed by atoms with Gasteiger partial charge in [0.1, 0.15) is 10.4 Å². The smallest absolute Gasteiger partial charge is 0.243 e. The Morgan fingerprint density at radius 1 is 1.14 bits per heavy atom. The molecule has 1 aromatic rings. The summed E-state index contributed by atoms with van der Waals surface area (Å²) in [6.45, 7) is 4.18. The van der Waals surface area contributed by atoms with Crippen molar-refractivity contribution in [3.63, 3.8) is 0 Å². The summed E-state index contributed by atoms with van der Waals surface area (Å²) < 4.78 is 27.2. The zero-order valence-corrected chi connectivity index (χ0v) is 13.2. The first-order valence-electron chi connectivity index (χ1n) is 6.23. The van der Waals surface area contributed by atoms with E-state index in [4.69, 9.17) is 0 Å². The highest BCUT2D eigenvalue weighted by Gasteiger charge is 2.33. The van der Waals surface area contributed by atoms with E-state index >= 15 is 0 Å². The molecule has 3 N–H and O–H groups in total. The Balaban J connectivity index is 3.20. The summed E-state index contributed by atoms with van der Waals surface area (Å²) in [6.07, 6.45) is 0. The average molecular weight is 313 g/mol. The van der Waals surface area contributed by atoms with E-state index in [1.54, 1.807) is 6.07 Å². The van der Waals surface area contributed by atoms with E-state index in [2.05, 4.69) is 15.4 Å². The summed E-state index contributed by atoms with van der Waals surface area (Å²) in [5.74, 6) is -0.855. The molecule has 0 aromatic heterocycles. The Labute approximate surface area is 124 Å². The van der Waals surface area contributed by atoms with E-state index in [1.807, 2.05) is 0 Å². The van der Waals surface area contributed by atoms with Crippen LogP contribution in [0.4, 0.5) is 5.69 Å². The number of carbonyl (C=O) groups excluding carboxylic acids is 2. The van der Waals surface area contributed by atoms with Gasteiger partial charge in [0, 0.05) is 14.0 Å². The van der Waals surface area contributed by atoms with Gasteiger partial charge in [0.05, 0.1) is 5.69 Å². The number of likely N-dealkylation sites (N-methyl/N-ethyl adjacent to an activating group) is 1. The Kier molecular flexibility index (Phi) is 5.08. The molecule has 21 heavy (non-hydrogen) atoms.